The monoisotopic (exact) mass is 340 g/mol. The number of hydrogen-bond acceptors (Lipinski definition) is 8. The highest BCUT2D eigenvalue weighted by Gasteiger charge is 2.26. The summed E-state index contributed by atoms with van der Waals surface area (Å²) in [6, 6.07) is 0. The molecular formula is C13H25O8P. The molecule has 0 amide bonds. The van der Waals surface area contributed by atoms with Crippen LogP contribution in [0.15, 0.2) is 0 Å². The number of hydrogen-bond donors (Lipinski definition) is 0. The number of carbonyl (C=O) groups excluding carboxylic acids is 2. The van der Waals surface area contributed by atoms with Gasteiger partial charge in [0.2, 0.25) is 0 Å². The Morgan fingerprint density at radius 1 is 1.09 bits per heavy atom. The van der Waals surface area contributed by atoms with Gasteiger partial charge in [0.05, 0.1) is 6.61 Å². The zero-order valence-corrected chi connectivity index (χ0v) is 14.8. The minimum absolute atomic E-state index is 0.142. The maximum Gasteiger partial charge on any atom is 0.335 e. The Morgan fingerprint density at radius 3 is 2.18 bits per heavy atom. The lowest BCUT2D eigenvalue weighted by Gasteiger charge is -2.19. The maximum absolute atomic E-state index is 11.8. The van der Waals surface area contributed by atoms with E-state index in [9.17, 15) is 14.2 Å². The summed E-state index contributed by atoms with van der Waals surface area (Å²) in [5.74, 6) is -1.27. The van der Waals surface area contributed by atoms with Crippen LogP contribution in [0.5, 0.6) is 0 Å². The van der Waals surface area contributed by atoms with E-state index in [0.29, 0.717) is 0 Å². The quantitative estimate of drug-likeness (QED) is 0.438. The van der Waals surface area contributed by atoms with Gasteiger partial charge in [-0.05, 0) is 27.7 Å². The third-order valence-electron chi connectivity index (χ3n) is 2.51. The summed E-state index contributed by atoms with van der Waals surface area (Å²) in [6.07, 6.45) is -2.39. The van der Waals surface area contributed by atoms with Crippen LogP contribution in [0.3, 0.4) is 0 Å². The Morgan fingerprint density at radius 2 is 1.68 bits per heavy atom. The van der Waals surface area contributed by atoms with Gasteiger partial charge in [0, 0.05) is 13.8 Å². The molecule has 0 aromatic heterocycles. The molecule has 0 N–H and O–H groups in total. The zero-order chi connectivity index (χ0) is 17.3. The van der Waals surface area contributed by atoms with Crippen molar-refractivity contribution in [2.75, 3.05) is 27.0 Å². The molecule has 0 aliphatic carbocycles. The predicted molar refractivity (Wildman–Crippen MR) is 78.7 cm³/mol. The van der Waals surface area contributed by atoms with E-state index >= 15 is 0 Å². The lowest BCUT2D eigenvalue weighted by Crippen LogP contribution is -2.31. The fourth-order valence-electron chi connectivity index (χ4n) is 1.34. The van der Waals surface area contributed by atoms with Crippen LogP contribution in [0.4, 0.5) is 0 Å². The van der Waals surface area contributed by atoms with Gasteiger partial charge in [-0.15, -0.1) is 0 Å². The smallest absolute Gasteiger partial charge is 0.335 e. The normalized spacial score (nSPS) is 17.9. The third kappa shape index (κ3) is 8.48. The molecule has 0 heterocycles. The second-order valence-corrected chi connectivity index (χ2v) is 6.70. The number of carbonyl (C=O) groups is 2. The van der Waals surface area contributed by atoms with Crippen LogP contribution in [0, 0.1) is 0 Å². The van der Waals surface area contributed by atoms with Gasteiger partial charge < -0.3 is 18.7 Å². The number of rotatable bonds is 10. The van der Waals surface area contributed by atoms with Crippen molar-refractivity contribution in [1.29, 1.82) is 0 Å². The second kappa shape index (κ2) is 9.94. The van der Waals surface area contributed by atoms with Crippen LogP contribution in [0.2, 0.25) is 0 Å². The molecule has 0 aliphatic rings. The van der Waals surface area contributed by atoms with Crippen molar-refractivity contribution in [3.05, 3.63) is 0 Å². The molecule has 4 atom stereocenters. The molecule has 0 bridgehead atoms. The van der Waals surface area contributed by atoms with Crippen molar-refractivity contribution in [2.45, 2.75) is 46.0 Å². The maximum atomic E-state index is 11.8. The Hall–Kier alpha value is -0.950. The second-order valence-electron chi connectivity index (χ2n) is 4.69. The predicted octanol–water partition coefficient (Wildman–Crippen LogP) is 1.76. The average molecular weight is 340 g/mol. The van der Waals surface area contributed by atoms with Crippen LogP contribution in [0.1, 0.15) is 27.7 Å². The van der Waals surface area contributed by atoms with Crippen LogP contribution in [0.25, 0.3) is 0 Å². The van der Waals surface area contributed by atoms with Gasteiger partial charge in [-0.1, -0.05) is 0 Å². The highest BCUT2D eigenvalue weighted by atomic mass is 31.2. The molecule has 130 valence electrons. The molecule has 0 aromatic rings. The highest BCUT2D eigenvalue weighted by Crippen LogP contribution is 2.44. The Kier molecular flexibility index (Phi) is 9.51. The first-order chi connectivity index (χ1) is 10.1. The summed E-state index contributed by atoms with van der Waals surface area (Å²) in [5, 5.41) is 0. The molecule has 0 radical (unpaired) electrons. The molecule has 22 heavy (non-hydrogen) atoms. The Balaban J connectivity index is 4.21. The summed E-state index contributed by atoms with van der Waals surface area (Å²) in [6.45, 7) is 7.53. The fourth-order valence-corrected chi connectivity index (χ4v) is 2.53. The van der Waals surface area contributed by atoms with Crippen molar-refractivity contribution in [1.82, 2.24) is 0 Å². The van der Waals surface area contributed by atoms with Crippen molar-refractivity contribution in [2.24, 2.45) is 0 Å². The van der Waals surface area contributed by atoms with E-state index in [1.165, 1.54) is 20.7 Å². The Bertz CT molecular complexity index is 411. The van der Waals surface area contributed by atoms with Gasteiger partial charge in [0.1, 0.15) is 12.7 Å². The molecule has 0 saturated heterocycles. The first-order valence-electron chi connectivity index (χ1n) is 6.93. The summed E-state index contributed by atoms with van der Waals surface area (Å²) in [4.78, 5) is 23.2. The topological polar surface area (TPSA) is 97.4 Å². The summed E-state index contributed by atoms with van der Waals surface area (Å²) in [7, 11) is -1.91. The van der Waals surface area contributed by atoms with Crippen LogP contribution in [-0.2, 0) is 37.4 Å². The van der Waals surface area contributed by atoms with E-state index in [1.54, 1.807) is 20.8 Å². The molecule has 0 aliphatic heterocycles. The fraction of sp³-hybridized carbons (Fsp3) is 0.846. The van der Waals surface area contributed by atoms with Gasteiger partial charge >= 0.3 is 19.5 Å². The largest absolute Gasteiger partial charge is 0.460 e. The van der Waals surface area contributed by atoms with Gasteiger partial charge in [-0.3, -0.25) is 9.09 Å². The minimum atomic E-state index is -3.29. The Labute approximate surface area is 130 Å². The number of ether oxygens (including phenoxy) is 3. The summed E-state index contributed by atoms with van der Waals surface area (Å²) >= 11 is 0. The summed E-state index contributed by atoms with van der Waals surface area (Å²) < 4.78 is 36.5. The summed E-state index contributed by atoms with van der Waals surface area (Å²) in [5.41, 5.74) is 0. The molecule has 8 nitrogen and oxygen atoms in total. The first kappa shape index (κ1) is 21.0. The standard InChI is InChI=1S/C13H25O8P/c1-7-19-22(6,16)21-11(4)12(14)18-8-9(2)20-13(15)10(3)17-5/h9-11H,7-8H2,1-6H3. The van der Waals surface area contributed by atoms with E-state index in [0.717, 1.165) is 0 Å². The van der Waals surface area contributed by atoms with E-state index in [2.05, 4.69) is 0 Å². The van der Waals surface area contributed by atoms with E-state index in [-0.39, 0.29) is 13.2 Å². The highest BCUT2D eigenvalue weighted by molar-refractivity contribution is 7.53. The molecule has 0 aromatic carbocycles. The average Bonchev–Trinajstić information content (AvgIpc) is 2.42. The van der Waals surface area contributed by atoms with Crippen LogP contribution >= 0.6 is 7.60 Å². The van der Waals surface area contributed by atoms with Crippen LogP contribution < -0.4 is 0 Å². The molecule has 0 rings (SSSR count). The zero-order valence-electron chi connectivity index (χ0n) is 13.9. The molecular weight excluding hydrogens is 315 g/mol. The van der Waals surface area contributed by atoms with Gasteiger partial charge in [-0.25, -0.2) is 9.59 Å². The van der Waals surface area contributed by atoms with Crippen molar-refractivity contribution in [3.8, 4) is 0 Å². The van der Waals surface area contributed by atoms with Crippen molar-refractivity contribution >= 4 is 19.5 Å². The van der Waals surface area contributed by atoms with Crippen molar-refractivity contribution < 1.29 is 37.4 Å². The third-order valence-corrected chi connectivity index (χ3v) is 3.93. The van der Waals surface area contributed by atoms with Gasteiger partial charge in [0.15, 0.2) is 12.2 Å². The molecule has 4 unspecified atom stereocenters. The molecule has 0 saturated carbocycles. The van der Waals surface area contributed by atoms with E-state index < -0.39 is 37.8 Å². The van der Waals surface area contributed by atoms with Gasteiger partial charge in [-0.2, -0.15) is 0 Å². The van der Waals surface area contributed by atoms with E-state index in [4.69, 9.17) is 23.3 Å². The SMILES string of the molecule is CCOP(C)(=O)OC(C)C(=O)OCC(C)OC(=O)C(C)OC. The lowest BCUT2D eigenvalue weighted by molar-refractivity contribution is -0.167. The number of esters is 2. The van der Waals surface area contributed by atoms with Crippen LogP contribution in [-0.4, -0.2) is 57.2 Å². The van der Waals surface area contributed by atoms with E-state index in [1.807, 2.05) is 0 Å². The first-order valence-corrected chi connectivity index (χ1v) is 8.92. The molecule has 9 heteroatoms. The van der Waals surface area contributed by atoms with Crippen molar-refractivity contribution in [3.63, 3.8) is 0 Å². The lowest BCUT2D eigenvalue weighted by atomic mass is 10.4. The molecule has 0 spiro atoms. The molecule has 0 fully saturated rings. The minimum Gasteiger partial charge on any atom is -0.460 e. The van der Waals surface area contributed by atoms with Gasteiger partial charge in [0.25, 0.3) is 0 Å². The number of methoxy groups -OCH3 is 1.